The molecule has 1 N–H and O–H groups in total. The standard InChI is InChI=1S/C32H38Cl2N4O2/c1-22(2)35-32(40)26-9-7-8-25(18-26)23-10-12-24(13-11-23)30(20-38-16-5-6-17-38)37(4)31(39)21-36(3)27-14-15-28(33)29(34)19-27/h7-15,18-19,22,30H,5-6,16-17,20-21H2,1-4H3,(H,35,40). The molecule has 2 amide bonds. The van der Waals surface area contributed by atoms with Crippen LogP contribution in [0.1, 0.15) is 48.7 Å². The van der Waals surface area contributed by atoms with Crippen molar-refractivity contribution in [1.82, 2.24) is 15.1 Å². The molecular weight excluding hydrogens is 543 g/mol. The summed E-state index contributed by atoms with van der Waals surface area (Å²) >= 11 is 12.3. The van der Waals surface area contributed by atoms with Crippen molar-refractivity contribution in [3.05, 3.63) is 87.9 Å². The van der Waals surface area contributed by atoms with Crippen molar-refractivity contribution in [1.29, 1.82) is 0 Å². The molecule has 0 aromatic heterocycles. The zero-order valence-electron chi connectivity index (χ0n) is 23.7. The number of nitrogens with zero attached hydrogens (tertiary/aromatic N) is 3. The van der Waals surface area contributed by atoms with Crippen LogP contribution < -0.4 is 10.2 Å². The molecule has 3 aromatic rings. The van der Waals surface area contributed by atoms with Crippen LogP contribution in [0.4, 0.5) is 5.69 Å². The number of likely N-dealkylation sites (tertiary alicyclic amines) is 1. The Hall–Kier alpha value is -3.06. The molecule has 1 atom stereocenters. The van der Waals surface area contributed by atoms with Gasteiger partial charge in [-0.05, 0) is 86.8 Å². The highest BCUT2D eigenvalue weighted by Gasteiger charge is 2.26. The predicted molar refractivity (Wildman–Crippen MR) is 165 cm³/mol. The molecule has 4 rings (SSSR count). The summed E-state index contributed by atoms with van der Waals surface area (Å²) in [7, 11) is 3.77. The van der Waals surface area contributed by atoms with Crippen LogP contribution in [0.25, 0.3) is 11.1 Å². The lowest BCUT2D eigenvalue weighted by Crippen LogP contribution is -2.42. The van der Waals surface area contributed by atoms with E-state index in [1.165, 1.54) is 12.8 Å². The SMILES string of the molecule is CC(C)NC(=O)c1cccc(-c2ccc(C(CN3CCCC3)N(C)C(=O)CN(C)c3ccc(Cl)c(Cl)c3)cc2)c1. The summed E-state index contributed by atoms with van der Waals surface area (Å²) in [4.78, 5) is 32.2. The van der Waals surface area contributed by atoms with Gasteiger partial charge in [-0.3, -0.25) is 9.59 Å². The quantitative estimate of drug-likeness (QED) is 0.296. The number of hydrogen-bond acceptors (Lipinski definition) is 4. The fourth-order valence-corrected chi connectivity index (χ4v) is 5.34. The van der Waals surface area contributed by atoms with E-state index in [0.29, 0.717) is 15.6 Å². The summed E-state index contributed by atoms with van der Waals surface area (Å²) in [6.45, 7) is 6.99. The molecule has 1 heterocycles. The van der Waals surface area contributed by atoms with Crippen molar-refractivity contribution in [3.8, 4) is 11.1 Å². The molecule has 3 aromatic carbocycles. The summed E-state index contributed by atoms with van der Waals surface area (Å²) in [5.41, 5.74) is 4.56. The Morgan fingerprint density at radius 1 is 0.900 bits per heavy atom. The molecule has 6 nitrogen and oxygen atoms in total. The third kappa shape index (κ3) is 7.57. The molecule has 1 aliphatic rings. The third-order valence-electron chi connectivity index (χ3n) is 7.38. The average Bonchev–Trinajstić information content (AvgIpc) is 3.46. The molecule has 0 aliphatic carbocycles. The Balaban J connectivity index is 1.53. The van der Waals surface area contributed by atoms with E-state index in [1.807, 2.05) is 68.1 Å². The Bertz CT molecular complexity index is 1320. The lowest BCUT2D eigenvalue weighted by atomic mass is 9.98. The minimum absolute atomic E-state index is 0.0192. The van der Waals surface area contributed by atoms with E-state index < -0.39 is 0 Å². The molecule has 40 heavy (non-hydrogen) atoms. The predicted octanol–water partition coefficient (Wildman–Crippen LogP) is 6.53. The third-order valence-corrected chi connectivity index (χ3v) is 8.12. The molecule has 1 fully saturated rings. The number of anilines is 1. The Morgan fingerprint density at radius 2 is 1.60 bits per heavy atom. The average molecular weight is 582 g/mol. The summed E-state index contributed by atoms with van der Waals surface area (Å²) < 4.78 is 0. The summed E-state index contributed by atoms with van der Waals surface area (Å²) in [6.07, 6.45) is 2.37. The van der Waals surface area contributed by atoms with Gasteiger partial charge in [-0.1, -0.05) is 59.6 Å². The number of nitrogens with one attached hydrogen (secondary N) is 1. The first-order chi connectivity index (χ1) is 19.1. The maximum atomic E-state index is 13.5. The van der Waals surface area contributed by atoms with Crippen molar-refractivity contribution in [3.63, 3.8) is 0 Å². The zero-order chi connectivity index (χ0) is 28.8. The number of hydrogen-bond donors (Lipinski definition) is 1. The molecular formula is C32H38Cl2N4O2. The summed E-state index contributed by atoms with van der Waals surface area (Å²) in [5.74, 6) is -0.0594. The van der Waals surface area contributed by atoms with E-state index in [4.69, 9.17) is 23.2 Å². The lowest BCUT2D eigenvalue weighted by molar-refractivity contribution is -0.131. The van der Waals surface area contributed by atoms with Crippen LogP contribution in [0.2, 0.25) is 10.0 Å². The minimum atomic E-state index is -0.0926. The van der Waals surface area contributed by atoms with E-state index in [0.717, 1.165) is 42.0 Å². The number of likely N-dealkylation sites (N-methyl/N-ethyl adjacent to an activating group) is 2. The normalized spacial score (nSPS) is 14.3. The monoisotopic (exact) mass is 580 g/mol. The Kier molecular flexibility index (Phi) is 10.1. The topological polar surface area (TPSA) is 55.9 Å². The van der Waals surface area contributed by atoms with Gasteiger partial charge in [-0.2, -0.15) is 0 Å². The van der Waals surface area contributed by atoms with Gasteiger partial charge in [0.25, 0.3) is 5.91 Å². The molecule has 1 aliphatic heterocycles. The fraction of sp³-hybridized carbons (Fsp3) is 0.375. The van der Waals surface area contributed by atoms with E-state index >= 15 is 0 Å². The van der Waals surface area contributed by atoms with Crippen LogP contribution in [0, 0.1) is 0 Å². The number of amides is 2. The maximum absolute atomic E-state index is 13.5. The molecule has 8 heteroatoms. The highest BCUT2D eigenvalue weighted by Crippen LogP contribution is 2.29. The van der Waals surface area contributed by atoms with Crippen molar-refractivity contribution in [2.24, 2.45) is 0 Å². The molecule has 0 saturated carbocycles. The number of rotatable bonds is 10. The van der Waals surface area contributed by atoms with Gasteiger partial charge in [0.05, 0.1) is 22.6 Å². The van der Waals surface area contributed by atoms with Crippen molar-refractivity contribution < 1.29 is 9.59 Å². The van der Waals surface area contributed by atoms with E-state index in [2.05, 4.69) is 34.5 Å². The van der Waals surface area contributed by atoms with Gasteiger partial charge >= 0.3 is 0 Å². The van der Waals surface area contributed by atoms with Gasteiger partial charge in [-0.25, -0.2) is 0 Å². The molecule has 0 spiro atoms. The Labute approximate surface area is 247 Å². The van der Waals surface area contributed by atoms with Crippen LogP contribution in [-0.2, 0) is 4.79 Å². The van der Waals surface area contributed by atoms with Gasteiger partial charge in [0.2, 0.25) is 5.91 Å². The largest absolute Gasteiger partial charge is 0.365 e. The molecule has 212 valence electrons. The van der Waals surface area contributed by atoms with E-state index in [9.17, 15) is 9.59 Å². The van der Waals surface area contributed by atoms with Crippen LogP contribution in [-0.4, -0.2) is 67.9 Å². The minimum Gasteiger partial charge on any atom is -0.365 e. The van der Waals surface area contributed by atoms with E-state index in [-0.39, 0.29) is 30.4 Å². The van der Waals surface area contributed by atoms with Gasteiger partial charge in [0.15, 0.2) is 0 Å². The lowest BCUT2D eigenvalue weighted by Gasteiger charge is -2.33. The van der Waals surface area contributed by atoms with Crippen LogP contribution in [0.15, 0.2) is 66.7 Å². The van der Waals surface area contributed by atoms with Gasteiger partial charge in [-0.15, -0.1) is 0 Å². The molecule has 0 radical (unpaired) electrons. The first kappa shape index (κ1) is 29.9. The van der Waals surface area contributed by atoms with Gasteiger partial charge in [0, 0.05) is 37.9 Å². The van der Waals surface area contributed by atoms with Crippen molar-refractivity contribution >= 4 is 40.7 Å². The molecule has 1 unspecified atom stereocenters. The highest BCUT2D eigenvalue weighted by atomic mass is 35.5. The van der Waals surface area contributed by atoms with Crippen molar-refractivity contribution in [2.75, 3.05) is 45.2 Å². The first-order valence-electron chi connectivity index (χ1n) is 13.8. The first-order valence-corrected chi connectivity index (χ1v) is 14.5. The number of carbonyl (C=O) groups is 2. The number of benzene rings is 3. The van der Waals surface area contributed by atoms with Gasteiger partial charge < -0.3 is 20.0 Å². The second-order valence-corrected chi connectivity index (χ2v) is 11.6. The fourth-order valence-electron chi connectivity index (χ4n) is 5.05. The maximum Gasteiger partial charge on any atom is 0.251 e. The molecule has 0 bridgehead atoms. The number of halogens is 2. The van der Waals surface area contributed by atoms with Crippen LogP contribution >= 0.6 is 23.2 Å². The Morgan fingerprint density at radius 3 is 2.25 bits per heavy atom. The smallest absolute Gasteiger partial charge is 0.251 e. The zero-order valence-corrected chi connectivity index (χ0v) is 25.2. The second kappa shape index (κ2) is 13.5. The van der Waals surface area contributed by atoms with E-state index in [1.54, 1.807) is 12.1 Å². The molecule has 1 saturated heterocycles. The summed E-state index contributed by atoms with van der Waals surface area (Å²) in [5, 5.41) is 3.90. The number of carbonyl (C=O) groups excluding carboxylic acids is 2. The van der Waals surface area contributed by atoms with Crippen LogP contribution in [0.5, 0.6) is 0 Å². The summed E-state index contributed by atoms with van der Waals surface area (Å²) in [6, 6.07) is 21.4. The second-order valence-electron chi connectivity index (χ2n) is 10.8. The highest BCUT2D eigenvalue weighted by molar-refractivity contribution is 6.42. The van der Waals surface area contributed by atoms with Crippen molar-refractivity contribution in [2.45, 2.75) is 38.8 Å². The van der Waals surface area contributed by atoms with Crippen LogP contribution in [0.3, 0.4) is 0 Å². The van der Waals surface area contributed by atoms with Gasteiger partial charge in [0.1, 0.15) is 0 Å².